The van der Waals surface area contributed by atoms with E-state index in [2.05, 4.69) is 0 Å². The van der Waals surface area contributed by atoms with E-state index in [9.17, 15) is 13.2 Å². The van der Waals surface area contributed by atoms with Crippen molar-refractivity contribution in [2.75, 3.05) is 20.2 Å². The first-order chi connectivity index (χ1) is 12.3. The van der Waals surface area contributed by atoms with E-state index in [1.54, 1.807) is 6.92 Å². The Kier molecular flexibility index (Phi) is 5.13. The smallest absolute Gasteiger partial charge is 0.338 e. The largest absolute Gasteiger partial charge is 0.465 e. The van der Waals surface area contributed by atoms with Gasteiger partial charge in [0, 0.05) is 25.0 Å². The molecule has 0 saturated carbocycles. The number of hydrogen-bond acceptors (Lipinski definition) is 5. The second-order valence-electron chi connectivity index (χ2n) is 6.47. The molecule has 2 aromatic carbocycles. The van der Waals surface area contributed by atoms with Gasteiger partial charge in [-0.3, -0.25) is 0 Å². The number of sulfonamides is 1. The molecule has 3 rings (SSSR count). The van der Waals surface area contributed by atoms with Crippen molar-refractivity contribution in [2.24, 2.45) is 5.73 Å². The molecule has 1 fully saturated rings. The van der Waals surface area contributed by atoms with Crippen LogP contribution in [0.25, 0.3) is 0 Å². The van der Waals surface area contributed by atoms with Gasteiger partial charge in [0.1, 0.15) is 0 Å². The molecule has 0 bridgehead atoms. The third-order valence-corrected chi connectivity index (χ3v) is 6.63. The normalized spacial score (nSPS) is 20.9. The molecule has 0 radical (unpaired) electrons. The Morgan fingerprint density at radius 2 is 1.85 bits per heavy atom. The monoisotopic (exact) mass is 374 g/mol. The summed E-state index contributed by atoms with van der Waals surface area (Å²) in [5, 5.41) is 0. The minimum Gasteiger partial charge on any atom is -0.465 e. The van der Waals surface area contributed by atoms with Gasteiger partial charge < -0.3 is 10.5 Å². The van der Waals surface area contributed by atoms with Crippen LogP contribution in [-0.2, 0) is 14.8 Å². The molecule has 2 N–H and O–H groups in total. The standard InChI is InChI=1S/C19H22N2O4S/c1-13-10-15(8-9-16(13)19(22)25-2)26(23,24)21-11-17(18(20)12-21)14-6-4-3-5-7-14/h3-10,17-18H,11-12,20H2,1-2H3/t17-,18+/m0/s1. The Labute approximate surface area is 153 Å². The highest BCUT2D eigenvalue weighted by atomic mass is 32.2. The zero-order chi connectivity index (χ0) is 18.9. The van der Waals surface area contributed by atoms with Crippen LogP contribution in [0.5, 0.6) is 0 Å². The van der Waals surface area contributed by atoms with Gasteiger partial charge in [0.25, 0.3) is 0 Å². The molecule has 6 nitrogen and oxygen atoms in total. The van der Waals surface area contributed by atoms with Crippen LogP contribution in [0.3, 0.4) is 0 Å². The predicted octanol–water partition coefficient (Wildman–Crippen LogP) is 1.90. The fourth-order valence-electron chi connectivity index (χ4n) is 3.33. The quantitative estimate of drug-likeness (QED) is 0.826. The van der Waals surface area contributed by atoms with Crippen molar-refractivity contribution in [3.63, 3.8) is 0 Å². The summed E-state index contributed by atoms with van der Waals surface area (Å²) in [6.45, 7) is 2.29. The second kappa shape index (κ2) is 7.19. The summed E-state index contributed by atoms with van der Waals surface area (Å²) < 4.78 is 32.2. The van der Waals surface area contributed by atoms with Crippen molar-refractivity contribution in [2.45, 2.75) is 23.8 Å². The number of carbonyl (C=O) groups is 1. The lowest BCUT2D eigenvalue weighted by Gasteiger charge is -2.17. The van der Waals surface area contributed by atoms with Crippen LogP contribution >= 0.6 is 0 Å². The third kappa shape index (κ3) is 3.38. The van der Waals surface area contributed by atoms with Crippen molar-refractivity contribution in [1.82, 2.24) is 4.31 Å². The number of ether oxygens (including phenoxy) is 1. The first kappa shape index (κ1) is 18.6. The lowest BCUT2D eigenvalue weighted by Crippen LogP contribution is -2.32. The zero-order valence-electron chi connectivity index (χ0n) is 14.8. The van der Waals surface area contributed by atoms with Crippen LogP contribution in [0.4, 0.5) is 0 Å². The number of benzene rings is 2. The number of nitrogens with two attached hydrogens (primary N) is 1. The highest BCUT2D eigenvalue weighted by molar-refractivity contribution is 7.89. The molecule has 1 aliphatic heterocycles. The summed E-state index contributed by atoms with van der Waals surface area (Å²) in [4.78, 5) is 11.9. The number of hydrogen-bond donors (Lipinski definition) is 1. The van der Waals surface area contributed by atoms with Crippen molar-refractivity contribution < 1.29 is 17.9 Å². The van der Waals surface area contributed by atoms with Crippen molar-refractivity contribution >= 4 is 16.0 Å². The lowest BCUT2D eigenvalue weighted by molar-refractivity contribution is 0.0600. The molecule has 2 atom stereocenters. The number of methoxy groups -OCH3 is 1. The van der Waals surface area contributed by atoms with Crippen molar-refractivity contribution in [1.29, 1.82) is 0 Å². The summed E-state index contributed by atoms with van der Waals surface area (Å²) in [5.41, 5.74) is 8.17. The highest BCUT2D eigenvalue weighted by Gasteiger charge is 2.38. The van der Waals surface area contributed by atoms with E-state index in [4.69, 9.17) is 10.5 Å². The molecule has 1 aliphatic rings. The van der Waals surface area contributed by atoms with Crippen molar-refractivity contribution in [3.8, 4) is 0 Å². The van der Waals surface area contributed by atoms with Crippen LogP contribution in [0.1, 0.15) is 27.4 Å². The van der Waals surface area contributed by atoms with Gasteiger partial charge in [-0.15, -0.1) is 0 Å². The van der Waals surface area contributed by atoms with Crippen LogP contribution in [0.2, 0.25) is 0 Å². The molecule has 0 amide bonds. The molecule has 1 saturated heterocycles. The van der Waals surface area contributed by atoms with Gasteiger partial charge in [0.05, 0.1) is 17.6 Å². The van der Waals surface area contributed by atoms with E-state index < -0.39 is 16.0 Å². The summed E-state index contributed by atoms with van der Waals surface area (Å²) in [6.07, 6.45) is 0. The van der Waals surface area contributed by atoms with Crippen LogP contribution < -0.4 is 5.73 Å². The van der Waals surface area contributed by atoms with Crippen LogP contribution in [-0.4, -0.2) is 44.9 Å². The maximum absolute atomic E-state index is 13.0. The van der Waals surface area contributed by atoms with Gasteiger partial charge in [0.15, 0.2) is 0 Å². The average Bonchev–Trinajstić information content (AvgIpc) is 3.04. The molecule has 138 valence electrons. The second-order valence-corrected chi connectivity index (χ2v) is 8.41. The molecule has 7 heteroatoms. The molecule has 0 aromatic heterocycles. The summed E-state index contributed by atoms with van der Waals surface area (Å²) >= 11 is 0. The minimum absolute atomic E-state index is 0.0404. The first-order valence-electron chi connectivity index (χ1n) is 8.34. The Balaban J connectivity index is 1.87. The topological polar surface area (TPSA) is 89.7 Å². The Bertz CT molecular complexity index is 912. The fourth-order valence-corrected chi connectivity index (χ4v) is 4.91. The number of nitrogens with zero attached hydrogens (tertiary/aromatic N) is 1. The molecule has 0 unspecified atom stereocenters. The molecule has 2 aromatic rings. The van der Waals surface area contributed by atoms with E-state index in [1.807, 2.05) is 30.3 Å². The minimum atomic E-state index is -3.68. The van der Waals surface area contributed by atoms with Gasteiger partial charge in [-0.05, 0) is 36.2 Å². The maximum atomic E-state index is 13.0. The zero-order valence-corrected chi connectivity index (χ0v) is 15.6. The van der Waals surface area contributed by atoms with Crippen molar-refractivity contribution in [3.05, 3.63) is 65.2 Å². The Hall–Kier alpha value is -2.22. The maximum Gasteiger partial charge on any atom is 0.338 e. The fraction of sp³-hybridized carbons (Fsp3) is 0.316. The molecular weight excluding hydrogens is 352 g/mol. The lowest BCUT2D eigenvalue weighted by atomic mass is 9.95. The average molecular weight is 374 g/mol. The summed E-state index contributed by atoms with van der Waals surface area (Å²) in [7, 11) is -2.39. The molecule has 0 spiro atoms. The van der Waals surface area contributed by atoms with Gasteiger partial charge in [-0.2, -0.15) is 4.31 Å². The molecule has 1 heterocycles. The van der Waals surface area contributed by atoms with Gasteiger partial charge in [-0.1, -0.05) is 30.3 Å². The summed E-state index contributed by atoms with van der Waals surface area (Å²) in [5.74, 6) is -0.528. The number of esters is 1. The summed E-state index contributed by atoms with van der Waals surface area (Å²) in [6, 6.07) is 13.9. The van der Waals surface area contributed by atoms with E-state index in [1.165, 1.54) is 29.6 Å². The predicted molar refractivity (Wildman–Crippen MR) is 98.4 cm³/mol. The Morgan fingerprint density at radius 1 is 1.15 bits per heavy atom. The molecule has 0 aliphatic carbocycles. The van der Waals surface area contributed by atoms with Gasteiger partial charge in [0.2, 0.25) is 10.0 Å². The van der Waals surface area contributed by atoms with E-state index >= 15 is 0 Å². The SMILES string of the molecule is COC(=O)c1ccc(S(=O)(=O)N2C[C@@H](N)[C@H](c3ccccc3)C2)cc1C. The van der Waals surface area contributed by atoms with Gasteiger partial charge in [-0.25, -0.2) is 13.2 Å². The number of carbonyl (C=O) groups excluding carboxylic acids is 1. The van der Waals surface area contributed by atoms with E-state index in [0.717, 1.165) is 5.56 Å². The third-order valence-electron chi connectivity index (χ3n) is 4.80. The Morgan fingerprint density at radius 3 is 2.46 bits per heavy atom. The van der Waals surface area contributed by atoms with E-state index in [-0.39, 0.29) is 23.4 Å². The van der Waals surface area contributed by atoms with E-state index in [0.29, 0.717) is 17.7 Å². The molecule has 26 heavy (non-hydrogen) atoms. The van der Waals surface area contributed by atoms with Gasteiger partial charge >= 0.3 is 5.97 Å². The van der Waals surface area contributed by atoms with Crippen LogP contribution in [0.15, 0.2) is 53.4 Å². The highest BCUT2D eigenvalue weighted by Crippen LogP contribution is 2.31. The number of rotatable bonds is 4. The number of aryl methyl sites for hydroxylation is 1. The first-order valence-corrected chi connectivity index (χ1v) is 9.78. The molecular formula is C19H22N2O4S. The van der Waals surface area contributed by atoms with Crippen LogP contribution in [0, 0.1) is 6.92 Å².